The second-order valence-corrected chi connectivity index (χ2v) is 10.1. The molecule has 0 saturated heterocycles. The van der Waals surface area contributed by atoms with E-state index in [0.29, 0.717) is 28.7 Å². The van der Waals surface area contributed by atoms with E-state index in [1.54, 1.807) is 12.1 Å². The van der Waals surface area contributed by atoms with Gasteiger partial charge in [0.05, 0.1) is 21.9 Å². The Hall–Kier alpha value is -2.97. The van der Waals surface area contributed by atoms with Crippen LogP contribution in [0.25, 0.3) is 10.7 Å². The van der Waals surface area contributed by atoms with Crippen molar-refractivity contribution in [3.8, 4) is 10.7 Å². The van der Waals surface area contributed by atoms with Crippen LogP contribution in [0, 0.1) is 27.7 Å². The first-order valence-corrected chi connectivity index (χ1v) is 12.2. The summed E-state index contributed by atoms with van der Waals surface area (Å²) in [5, 5.41) is 5.99. The molecule has 0 spiro atoms. The zero-order valence-corrected chi connectivity index (χ0v) is 19.4. The maximum Gasteiger partial charge on any atom is 0.262 e. The molecule has 0 radical (unpaired) electrons. The molecule has 0 aliphatic heterocycles. The maximum atomic E-state index is 13.4. The number of benzene rings is 2. The van der Waals surface area contributed by atoms with E-state index in [-0.39, 0.29) is 0 Å². The quantitative estimate of drug-likeness (QED) is 0.421. The maximum absolute atomic E-state index is 13.4. The van der Waals surface area contributed by atoms with Crippen molar-refractivity contribution in [3.05, 3.63) is 81.6 Å². The lowest BCUT2D eigenvalue weighted by Gasteiger charge is -2.18. The number of nitrogens with one attached hydrogen (secondary N) is 1. The van der Waals surface area contributed by atoms with Gasteiger partial charge in [0.25, 0.3) is 10.0 Å². The van der Waals surface area contributed by atoms with Crippen molar-refractivity contribution in [3.63, 3.8) is 0 Å². The SMILES string of the molecule is Cc1cc(C)c(C)c(S(=O)(=O)Nc2ccccc2Cc2nc(-c3cccs3)no2)c1C. The summed E-state index contributed by atoms with van der Waals surface area (Å²) in [5.74, 6) is 0.957. The molecule has 0 unspecified atom stereocenters. The van der Waals surface area contributed by atoms with Gasteiger partial charge in [-0.2, -0.15) is 4.98 Å². The fraction of sp³-hybridized carbons (Fsp3) is 0.217. The van der Waals surface area contributed by atoms with E-state index in [9.17, 15) is 8.42 Å². The number of aryl methyl sites for hydroxylation is 2. The lowest BCUT2D eigenvalue weighted by Crippen LogP contribution is -2.18. The predicted molar refractivity (Wildman–Crippen MR) is 123 cm³/mol. The standard InChI is InChI=1S/C23H23N3O3S2/c1-14-12-15(2)17(4)22(16(14)3)31(27,28)26-19-9-6-5-8-18(19)13-21-24-23(25-29-21)20-10-7-11-30-20/h5-12,26H,13H2,1-4H3. The topological polar surface area (TPSA) is 85.1 Å². The van der Waals surface area contributed by atoms with Crippen LogP contribution in [0.2, 0.25) is 0 Å². The van der Waals surface area contributed by atoms with E-state index in [0.717, 1.165) is 32.7 Å². The zero-order valence-electron chi connectivity index (χ0n) is 17.8. The van der Waals surface area contributed by atoms with Gasteiger partial charge in [-0.25, -0.2) is 8.42 Å². The van der Waals surface area contributed by atoms with E-state index in [1.165, 1.54) is 11.3 Å². The minimum absolute atomic E-state index is 0.321. The van der Waals surface area contributed by atoms with Crippen LogP contribution >= 0.6 is 11.3 Å². The number of hydrogen-bond donors (Lipinski definition) is 1. The molecule has 31 heavy (non-hydrogen) atoms. The number of rotatable bonds is 6. The van der Waals surface area contributed by atoms with E-state index < -0.39 is 10.0 Å². The monoisotopic (exact) mass is 453 g/mol. The largest absolute Gasteiger partial charge is 0.339 e. The minimum Gasteiger partial charge on any atom is -0.339 e. The van der Waals surface area contributed by atoms with E-state index >= 15 is 0 Å². The third kappa shape index (κ3) is 4.26. The Morgan fingerprint density at radius 3 is 2.39 bits per heavy atom. The summed E-state index contributed by atoms with van der Waals surface area (Å²) in [5.41, 5.74) is 4.66. The highest BCUT2D eigenvalue weighted by molar-refractivity contribution is 7.92. The molecule has 0 bridgehead atoms. The number of hydrogen-bond acceptors (Lipinski definition) is 6. The molecule has 0 aliphatic rings. The summed E-state index contributed by atoms with van der Waals surface area (Å²) in [7, 11) is -3.78. The molecule has 0 fully saturated rings. The molecule has 2 aromatic carbocycles. The Morgan fingerprint density at radius 2 is 1.71 bits per heavy atom. The van der Waals surface area contributed by atoms with Gasteiger partial charge < -0.3 is 4.52 Å². The number of nitrogens with zero attached hydrogens (tertiary/aromatic N) is 2. The molecule has 0 atom stereocenters. The van der Waals surface area contributed by atoms with Crippen LogP contribution in [-0.2, 0) is 16.4 Å². The van der Waals surface area contributed by atoms with Crippen molar-refractivity contribution in [1.29, 1.82) is 0 Å². The van der Waals surface area contributed by atoms with Crippen LogP contribution in [0.1, 0.15) is 33.7 Å². The minimum atomic E-state index is -3.78. The third-order valence-electron chi connectivity index (χ3n) is 5.38. The fourth-order valence-corrected chi connectivity index (χ4v) is 5.92. The number of aromatic nitrogens is 2. The Labute approximate surface area is 186 Å². The predicted octanol–water partition coefficient (Wildman–Crippen LogP) is 5.42. The Morgan fingerprint density at radius 1 is 1.00 bits per heavy atom. The lowest BCUT2D eigenvalue weighted by molar-refractivity contribution is 0.386. The first kappa shape index (κ1) is 21.3. The molecule has 160 valence electrons. The zero-order chi connectivity index (χ0) is 22.2. The molecule has 0 amide bonds. The van der Waals surface area contributed by atoms with Crippen LogP contribution in [0.3, 0.4) is 0 Å². The summed E-state index contributed by atoms with van der Waals surface area (Å²) >= 11 is 1.53. The summed E-state index contributed by atoms with van der Waals surface area (Å²) in [6, 6.07) is 13.1. The molecule has 0 saturated carbocycles. The number of anilines is 1. The van der Waals surface area contributed by atoms with Gasteiger partial charge in [-0.3, -0.25) is 4.72 Å². The van der Waals surface area contributed by atoms with Gasteiger partial charge in [0, 0.05) is 0 Å². The number of sulfonamides is 1. The molecular weight excluding hydrogens is 430 g/mol. The van der Waals surface area contributed by atoms with E-state index in [1.807, 2.05) is 63.4 Å². The second kappa shape index (κ2) is 8.28. The second-order valence-electron chi connectivity index (χ2n) is 7.52. The third-order valence-corrected chi connectivity index (χ3v) is 7.88. The number of para-hydroxylation sites is 1. The molecule has 1 N–H and O–H groups in total. The average molecular weight is 454 g/mol. The average Bonchev–Trinajstić information content (AvgIpc) is 3.39. The fourth-order valence-electron chi connectivity index (χ4n) is 3.55. The highest BCUT2D eigenvalue weighted by atomic mass is 32.2. The van der Waals surface area contributed by atoms with Crippen LogP contribution in [0.15, 0.2) is 57.3 Å². The van der Waals surface area contributed by atoms with Gasteiger partial charge in [-0.15, -0.1) is 11.3 Å². The molecule has 2 heterocycles. The Balaban J connectivity index is 1.66. The van der Waals surface area contributed by atoms with Crippen molar-refractivity contribution in [2.75, 3.05) is 4.72 Å². The van der Waals surface area contributed by atoms with Gasteiger partial charge in [-0.05, 0) is 73.0 Å². The molecule has 0 aliphatic carbocycles. The highest BCUT2D eigenvalue weighted by Crippen LogP contribution is 2.29. The first-order valence-electron chi connectivity index (χ1n) is 9.81. The van der Waals surface area contributed by atoms with Gasteiger partial charge in [0.2, 0.25) is 11.7 Å². The van der Waals surface area contributed by atoms with Crippen molar-refractivity contribution >= 4 is 27.0 Å². The van der Waals surface area contributed by atoms with Crippen molar-refractivity contribution in [1.82, 2.24) is 10.1 Å². The van der Waals surface area contributed by atoms with Gasteiger partial charge >= 0.3 is 0 Å². The van der Waals surface area contributed by atoms with Crippen LogP contribution in [0.4, 0.5) is 5.69 Å². The van der Waals surface area contributed by atoms with Crippen molar-refractivity contribution in [2.45, 2.75) is 39.0 Å². The molecule has 6 nitrogen and oxygen atoms in total. The summed E-state index contributed by atoms with van der Waals surface area (Å²) < 4.78 is 34.9. The summed E-state index contributed by atoms with van der Waals surface area (Å²) in [4.78, 5) is 5.70. The van der Waals surface area contributed by atoms with Gasteiger partial charge in [0.1, 0.15) is 0 Å². The Bertz CT molecular complexity index is 1310. The van der Waals surface area contributed by atoms with Gasteiger partial charge in [-0.1, -0.05) is 35.5 Å². The lowest BCUT2D eigenvalue weighted by atomic mass is 10.0. The van der Waals surface area contributed by atoms with Gasteiger partial charge in [0.15, 0.2) is 0 Å². The molecule has 8 heteroatoms. The Kier molecular flexibility index (Phi) is 5.68. The van der Waals surface area contributed by atoms with Crippen LogP contribution in [0.5, 0.6) is 0 Å². The molecule has 4 aromatic rings. The van der Waals surface area contributed by atoms with Crippen molar-refractivity contribution in [2.24, 2.45) is 0 Å². The highest BCUT2D eigenvalue weighted by Gasteiger charge is 2.23. The smallest absolute Gasteiger partial charge is 0.262 e. The van der Waals surface area contributed by atoms with E-state index in [2.05, 4.69) is 14.9 Å². The van der Waals surface area contributed by atoms with Crippen molar-refractivity contribution < 1.29 is 12.9 Å². The van der Waals surface area contributed by atoms with Crippen LogP contribution in [-0.4, -0.2) is 18.6 Å². The summed E-state index contributed by atoms with van der Waals surface area (Å²) in [6.45, 7) is 7.53. The summed E-state index contributed by atoms with van der Waals surface area (Å²) in [6.07, 6.45) is 0.321. The van der Waals surface area contributed by atoms with E-state index in [4.69, 9.17) is 4.52 Å². The van der Waals surface area contributed by atoms with Crippen LogP contribution < -0.4 is 4.72 Å². The molecular formula is C23H23N3O3S2. The molecule has 4 rings (SSSR count). The molecule has 2 aromatic heterocycles. The normalized spacial score (nSPS) is 11.6. The first-order chi connectivity index (χ1) is 14.8. The number of thiophene rings is 1.